The van der Waals surface area contributed by atoms with Gasteiger partial charge in [0.15, 0.2) is 0 Å². The van der Waals surface area contributed by atoms with E-state index < -0.39 is 17.5 Å². The Morgan fingerprint density at radius 2 is 2.06 bits per heavy atom. The van der Waals surface area contributed by atoms with Crippen molar-refractivity contribution in [1.29, 1.82) is 0 Å². The van der Waals surface area contributed by atoms with E-state index in [0.717, 1.165) is 0 Å². The van der Waals surface area contributed by atoms with Crippen molar-refractivity contribution in [2.75, 3.05) is 5.75 Å². The van der Waals surface area contributed by atoms with Gasteiger partial charge in [0.25, 0.3) is 0 Å². The van der Waals surface area contributed by atoms with Crippen molar-refractivity contribution in [1.82, 2.24) is 0 Å². The van der Waals surface area contributed by atoms with Crippen LogP contribution in [0.3, 0.4) is 0 Å². The number of carbonyl (C=O) groups is 2. The van der Waals surface area contributed by atoms with Gasteiger partial charge in [-0.05, 0) is 31.5 Å². The second-order valence-electron chi connectivity index (χ2n) is 4.03. The van der Waals surface area contributed by atoms with E-state index >= 15 is 0 Å². The smallest absolute Gasteiger partial charge is 0.335 e. The lowest BCUT2D eigenvalue weighted by Crippen LogP contribution is -2.26. The third-order valence-electron chi connectivity index (χ3n) is 2.30. The number of thiol groups is 1. The molecule has 92 valence electrons. The minimum atomic E-state index is -1.01. The number of ether oxygens (including phenoxy) is 1. The Morgan fingerprint density at radius 1 is 1.41 bits per heavy atom. The third-order valence-corrected chi connectivity index (χ3v) is 2.56. The second kappa shape index (κ2) is 5.23. The van der Waals surface area contributed by atoms with Crippen LogP contribution in [0.2, 0.25) is 0 Å². The molecular formula is C12H14O4S. The van der Waals surface area contributed by atoms with E-state index in [2.05, 4.69) is 12.6 Å². The topological polar surface area (TPSA) is 63.6 Å². The van der Waals surface area contributed by atoms with Gasteiger partial charge in [-0.3, -0.25) is 4.79 Å². The van der Waals surface area contributed by atoms with Crippen LogP contribution in [0.5, 0.6) is 0 Å². The Kier molecular flexibility index (Phi) is 4.17. The van der Waals surface area contributed by atoms with E-state index in [1.807, 2.05) is 0 Å². The number of esters is 1. The largest absolute Gasteiger partial charge is 0.478 e. The summed E-state index contributed by atoms with van der Waals surface area (Å²) >= 11 is 3.82. The van der Waals surface area contributed by atoms with Crippen LogP contribution in [0.4, 0.5) is 0 Å². The molecule has 1 aromatic carbocycles. The highest BCUT2D eigenvalue weighted by molar-refractivity contribution is 7.81. The molecule has 0 radical (unpaired) electrons. The Hall–Kier alpha value is -1.49. The summed E-state index contributed by atoms with van der Waals surface area (Å²) in [7, 11) is 0. The molecule has 0 unspecified atom stereocenters. The maximum absolute atomic E-state index is 11.2. The summed E-state index contributed by atoms with van der Waals surface area (Å²) in [6.07, 6.45) is 0. The van der Waals surface area contributed by atoms with Crippen LogP contribution in [0.1, 0.15) is 29.8 Å². The molecule has 1 aromatic rings. The molecule has 0 aliphatic carbocycles. The first-order chi connectivity index (χ1) is 7.86. The van der Waals surface area contributed by atoms with Crippen LogP contribution in [0.15, 0.2) is 24.3 Å². The van der Waals surface area contributed by atoms with E-state index in [1.165, 1.54) is 12.1 Å². The normalized spacial score (nSPS) is 11.0. The number of carboxylic acids is 1. The monoisotopic (exact) mass is 254 g/mol. The number of benzene rings is 1. The van der Waals surface area contributed by atoms with Crippen LogP contribution in [-0.2, 0) is 15.1 Å². The van der Waals surface area contributed by atoms with Gasteiger partial charge in [0.2, 0.25) is 0 Å². The van der Waals surface area contributed by atoms with Gasteiger partial charge in [-0.1, -0.05) is 12.1 Å². The molecule has 0 fully saturated rings. The van der Waals surface area contributed by atoms with Gasteiger partial charge >= 0.3 is 11.9 Å². The third kappa shape index (κ3) is 3.49. The Labute approximate surface area is 105 Å². The highest BCUT2D eigenvalue weighted by Crippen LogP contribution is 2.25. The highest BCUT2D eigenvalue weighted by Gasteiger charge is 2.25. The molecule has 4 nitrogen and oxygen atoms in total. The van der Waals surface area contributed by atoms with Gasteiger partial charge in [-0.15, -0.1) is 0 Å². The van der Waals surface area contributed by atoms with E-state index in [9.17, 15) is 9.59 Å². The second-order valence-corrected chi connectivity index (χ2v) is 4.34. The Morgan fingerprint density at radius 3 is 2.59 bits per heavy atom. The Bertz CT molecular complexity index is 440. The lowest BCUT2D eigenvalue weighted by molar-refractivity contribution is -0.153. The zero-order valence-corrected chi connectivity index (χ0v) is 10.5. The van der Waals surface area contributed by atoms with Gasteiger partial charge in [-0.2, -0.15) is 12.6 Å². The van der Waals surface area contributed by atoms with Crippen molar-refractivity contribution < 1.29 is 19.4 Å². The summed E-state index contributed by atoms with van der Waals surface area (Å²) in [4.78, 5) is 22.0. The molecule has 0 aliphatic rings. The van der Waals surface area contributed by atoms with Gasteiger partial charge in [0.1, 0.15) is 5.60 Å². The SMILES string of the molecule is CC(C)(OC(=O)CS)c1cccc(C(=O)O)c1. The molecule has 0 saturated carbocycles. The van der Waals surface area contributed by atoms with Crippen molar-refractivity contribution in [3.8, 4) is 0 Å². The summed E-state index contributed by atoms with van der Waals surface area (Å²) in [5.41, 5.74) is -0.0734. The van der Waals surface area contributed by atoms with E-state index in [4.69, 9.17) is 9.84 Å². The summed E-state index contributed by atoms with van der Waals surface area (Å²) < 4.78 is 5.20. The lowest BCUT2D eigenvalue weighted by atomic mass is 9.96. The minimum absolute atomic E-state index is 0.0119. The first kappa shape index (κ1) is 13.6. The van der Waals surface area contributed by atoms with Gasteiger partial charge in [0, 0.05) is 0 Å². The Balaban J connectivity index is 3.01. The fourth-order valence-corrected chi connectivity index (χ4v) is 1.47. The van der Waals surface area contributed by atoms with Crippen molar-refractivity contribution in [3.05, 3.63) is 35.4 Å². The molecule has 0 amide bonds. The molecule has 0 spiro atoms. The van der Waals surface area contributed by atoms with Crippen LogP contribution in [0, 0.1) is 0 Å². The van der Waals surface area contributed by atoms with Crippen LogP contribution in [-0.4, -0.2) is 22.8 Å². The molecular weight excluding hydrogens is 240 g/mol. The van der Waals surface area contributed by atoms with Crippen LogP contribution < -0.4 is 0 Å². The van der Waals surface area contributed by atoms with Crippen LogP contribution >= 0.6 is 12.6 Å². The quantitative estimate of drug-likeness (QED) is 0.638. The average Bonchev–Trinajstić information content (AvgIpc) is 2.28. The number of carboxylic acid groups (broad SMARTS) is 1. The summed E-state index contributed by atoms with van der Waals surface area (Å²) in [6.45, 7) is 3.41. The standard InChI is InChI=1S/C12H14O4S/c1-12(2,16-10(13)7-17)9-5-3-4-8(6-9)11(14)15/h3-6,17H,7H2,1-2H3,(H,14,15). The maximum atomic E-state index is 11.2. The maximum Gasteiger partial charge on any atom is 0.335 e. The fraction of sp³-hybridized carbons (Fsp3) is 0.333. The van der Waals surface area contributed by atoms with E-state index in [0.29, 0.717) is 5.56 Å². The zero-order chi connectivity index (χ0) is 13.1. The van der Waals surface area contributed by atoms with E-state index in [-0.39, 0.29) is 11.3 Å². The number of hydrogen-bond donors (Lipinski definition) is 2. The van der Waals surface area contributed by atoms with E-state index in [1.54, 1.807) is 26.0 Å². The molecule has 0 heterocycles. The van der Waals surface area contributed by atoms with Crippen molar-refractivity contribution >= 4 is 24.6 Å². The van der Waals surface area contributed by atoms with Crippen molar-refractivity contribution in [2.45, 2.75) is 19.4 Å². The highest BCUT2D eigenvalue weighted by atomic mass is 32.1. The molecule has 0 aromatic heterocycles. The molecule has 17 heavy (non-hydrogen) atoms. The summed E-state index contributed by atoms with van der Waals surface area (Å²) in [5, 5.41) is 8.88. The van der Waals surface area contributed by atoms with Crippen LogP contribution in [0.25, 0.3) is 0 Å². The fourth-order valence-electron chi connectivity index (χ4n) is 1.40. The van der Waals surface area contributed by atoms with Gasteiger partial charge in [0.05, 0.1) is 11.3 Å². The van der Waals surface area contributed by atoms with Crippen molar-refractivity contribution in [2.24, 2.45) is 0 Å². The zero-order valence-electron chi connectivity index (χ0n) is 9.64. The first-order valence-electron chi connectivity index (χ1n) is 5.03. The molecule has 0 bridgehead atoms. The summed E-state index contributed by atoms with van der Waals surface area (Å²) in [6, 6.07) is 6.32. The molecule has 0 atom stereocenters. The van der Waals surface area contributed by atoms with Crippen molar-refractivity contribution in [3.63, 3.8) is 0 Å². The molecule has 1 N–H and O–H groups in total. The molecule has 5 heteroatoms. The number of aromatic carboxylic acids is 1. The number of hydrogen-bond acceptors (Lipinski definition) is 4. The van der Waals surface area contributed by atoms with Gasteiger partial charge in [-0.25, -0.2) is 4.79 Å². The minimum Gasteiger partial charge on any atom is -0.478 e. The molecule has 0 aliphatic heterocycles. The predicted molar refractivity (Wildman–Crippen MR) is 66.4 cm³/mol. The first-order valence-corrected chi connectivity index (χ1v) is 5.66. The summed E-state index contributed by atoms with van der Waals surface area (Å²) in [5.74, 6) is -1.47. The number of carbonyl (C=O) groups excluding carboxylic acids is 1. The molecule has 0 saturated heterocycles. The van der Waals surface area contributed by atoms with Gasteiger partial charge < -0.3 is 9.84 Å². The predicted octanol–water partition coefficient (Wildman–Crippen LogP) is 2.09. The molecule has 1 rings (SSSR count). The number of rotatable bonds is 4. The average molecular weight is 254 g/mol. The lowest BCUT2D eigenvalue weighted by Gasteiger charge is -2.25.